The third-order valence-corrected chi connectivity index (χ3v) is 4.53. The Hall–Kier alpha value is -2.22. The first-order valence-electron chi connectivity index (χ1n) is 8.33. The van der Waals surface area contributed by atoms with E-state index >= 15 is 0 Å². The van der Waals surface area contributed by atoms with Gasteiger partial charge in [-0.05, 0) is 24.3 Å². The number of anilines is 1. The van der Waals surface area contributed by atoms with Gasteiger partial charge in [0.1, 0.15) is 5.82 Å². The zero-order chi connectivity index (χ0) is 17.2. The molecule has 130 valence electrons. The molecular formula is C17H19ClN6O. The van der Waals surface area contributed by atoms with Crippen LogP contribution in [-0.4, -0.2) is 47.8 Å². The Morgan fingerprint density at radius 1 is 1.20 bits per heavy atom. The molecule has 0 spiro atoms. The van der Waals surface area contributed by atoms with Crippen LogP contribution in [0, 0.1) is 0 Å². The fourth-order valence-electron chi connectivity index (χ4n) is 2.98. The Morgan fingerprint density at radius 3 is 2.84 bits per heavy atom. The second-order valence-corrected chi connectivity index (χ2v) is 6.40. The summed E-state index contributed by atoms with van der Waals surface area (Å²) in [5.41, 5.74) is 7.28. The van der Waals surface area contributed by atoms with Crippen molar-refractivity contribution in [2.45, 2.75) is 6.42 Å². The lowest BCUT2D eigenvalue weighted by molar-refractivity contribution is 0.380. The van der Waals surface area contributed by atoms with Crippen LogP contribution >= 0.6 is 11.6 Å². The minimum atomic E-state index is 0.480. The quantitative estimate of drug-likeness (QED) is 0.735. The van der Waals surface area contributed by atoms with E-state index in [9.17, 15) is 0 Å². The molecule has 1 aliphatic heterocycles. The van der Waals surface area contributed by atoms with Crippen molar-refractivity contribution in [1.82, 2.24) is 20.4 Å². The number of halogens is 1. The number of nitrogens with one attached hydrogen (secondary N) is 1. The van der Waals surface area contributed by atoms with Crippen LogP contribution in [0.1, 0.15) is 5.89 Å². The number of aromatic nitrogens is 3. The summed E-state index contributed by atoms with van der Waals surface area (Å²) in [5.74, 6) is 1.93. The van der Waals surface area contributed by atoms with Crippen LogP contribution in [0.25, 0.3) is 22.3 Å². The van der Waals surface area contributed by atoms with E-state index in [1.165, 1.54) is 0 Å². The lowest BCUT2D eigenvalue weighted by Gasteiger charge is -2.29. The molecule has 1 saturated heterocycles. The Kier molecular flexibility index (Phi) is 4.52. The summed E-state index contributed by atoms with van der Waals surface area (Å²) in [6, 6.07) is 7.84. The van der Waals surface area contributed by atoms with Gasteiger partial charge >= 0.3 is 0 Å². The molecule has 3 heterocycles. The summed E-state index contributed by atoms with van der Waals surface area (Å²) in [7, 11) is 0. The Morgan fingerprint density at radius 2 is 2.04 bits per heavy atom. The van der Waals surface area contributed by atoms with Crippen LogP contribution in [0.2, 0.25) is 5.02 Å². The number of fused-ring (bicyclic) bond motifs is 1. The molecule has 0 unspecified atom stereocenters. The highest BCUT2D eigenvalue weighted by molar-refractivity contribution is 6.33. The minimum absolute atomic E-state index is 0.480. The zero-order valence-corrected chi connectivity index (χ0v) is 14.5. The zero-order valence-electron chi connectivity index (χ0n) is 13.7. The van der Waals surface area contributed by atoms with E-state index in [0.29, 0.717) is 29.7 Å². The fraction of sp³-hybridized carbons (Fsp3) is 0.353. The van der Waals surface area contributed by atoms with Gasteiger partial charge in [0.15, 0.2) is 0 Å². The third kappa shape index (κ3) is 3.30. The van der Waals surface area contributed by atoms with E-state index in [1.807, 2.05) is 24.3 Å². The summed E-state index contributed by atoms with van der Waals surface area (Å²) in [4.78, 5) is 11.3. The average Bonchev–Trinajstić information content (AvgIpc) is 3.10. The van der Waals surface area contributed by atoms with Gasteiger partial charge in [0, 0.05) is 50.1 Å². The molecule has 7 nitrogen and oxygen atoms in total. The van der Waals surface area contributed by atoms with Gasteiger partial charge in [-0.1, -0.05) is 16.8 Å². The Bertz CT molecular complexity index is 890. The first kappa shape index (κ1) is 16.3. The molecule has 0 radical (unpaired) electrons. The molecule has 3 aromatic rings. The van der Waals surface area contributed by atoms with E-state index in [1.54, 1.807) is 0 Å². The second kappa shape index (κ2) is 6.95. The second-order valence-electron chi connectivity index (χ2n) is 5.99. The molecule has 8 heteroatoms. The van der Waals surface area contributed by atoms with Gasteiger partial charge in [0.2, 0.25) is 11.7 Å². The Labute approximate surface area is 150 Å². The molecule has 0 atom stereocenters. The monoisotopic (exact) mass is 358 g/mol. The molecule has 1 aromatic carbocycles. The van der Waals surface area contributed by atoms with Crippen LogP contribution in [-0.2, 0) is 6.42 Å². The first-order chi connectivity index (χ1) is 12.2. The van der Waals surface area contributed by atoms with E-state index in [4.69, 9.17) is 26.8 Å². The van der Waals surface area contributed by atoms with Gasteiger partial charge < -0.3 is 20.5 Å². The van der Waals surface area contributed by atoms with Crippen LogP contribution in [0.4, 0.5) is 5.82 Å². The SMILES string of the molecule is NCCc1nc(-c2ccc3nc(N4CCNCC4)c(Cl)cc3c2)no1. The van der Waals surface area contributed by atoms with Gasteiger partial charge in [-0.25, -0.2) is 4.98 Å². The predicted octanol–water partition coefficient (Wildman–Crippen LogP) is 1.85. The lowest BCUT2D eigenvalue weighted by Crippen LogP contribution is -2.44. The maximum Gasteiger partial charge on any atom is 0.228 e. The van der Waals surface area contributed by atoms with Crippen molar-refractivity contribution in [2.24, 2.45) is 5.73 Å². The van der Waals surface area contributed by atoms with Crippen molar-refractivity contribution in [3.8, 4) is 11.4 Å². The molecule has 25 heavy (non-hydrogen) atoms. The standard InChI is InChI=1S/C17H19ClN6O/c18-13-10-12-9-11(16-22-15(3-4-19)25-23-16)1-2-14(12)21-17(13)24-7-5-20-6-8-24/h1-2,9-10,20H,3-8,19H2. The number of hydrogen-bond acceptors (Lipinski definition) is 7. The van der Waals surface area contributed by atoms with Crippen molar-refractivity contribution in [3.63, 3.8) is 0 Å². The molecule has 0 bridgehead atoms. The predicted molar refractivity (Wildman–Crippen MR) is 97.9 cm³/mol. The minimum Gasteiger partial charge on any atom is -0.353 e. The number of rotatable bonds is 4. The van der Waals surface area contributed by atoms with Crippen molar-refractivity contribution >= 4 is 28.3 Å². The van der Waals surface area contributed by atoms with Crippen LogP contribution in [0.15, 0.2) is 28.8 Å². The normalized spacial score (nSPS) is 15.0. The molecule has 3 N–H and O–H groups in total. The summed E-state index contributed by atoms with van der Waals surface area (Å²) >= 11 is 6.49. The number of nitrogens with two attached hydrogens (primary N) is 1. The summed E-state index contributed by atoms with van der Waals surface area (Å²) in [6.07, 6.45) is 0.571. The van der Waals surface area contributed by atoms with Gasteiger partial charge in [0.25, 0.3) is 0 Å². The van der Waals surface area contributed by atoms with Crippen molar-refractivity contribution in [2.75, 3.05) is 37.6 Å². The first-order valence-corrected chi connectivity index (χ1v) is 8.71. The van der Waals surface area contributed by atoms with Crippen LogP contribution < -0.4 is 16.0 Å². The topological polar surface area (TPSA) is 93.1 Å². The molecule has 0 aliphatic carbocycles. The molecule has 1 aliphatic rings. The number of nitrogens with zero attached hydrogens (tertiary/aromatic N) is 4. The molecule has 4 rings (SSSR count). The van der Waals surface area contributed by atoms with Crippen molar-refractivity contribution < 1.29 is 4.52 Å². The highest BCUT2D eigenvalue weighted by Gasteiger charge is 2.16. The molecule has 2 aromatic heterocycles. The maximum absolute atomic E-state index is 6.49. The van der Waals surface area contributed by atoms with Crippen molar-refractivity contribution in [3.05, 3.63) is 35.2 Å². The van der Waals surface area contributed by atoms with E-state index in [2.05, 4.69) is 20.4 Å². The molecule has 0 saturated carbocycles. The number of piperazine rings is 1. The third-order valence-electron chi connectivity index (χ3n) is 4.25. The van der Waals surface area contributed by atoms with E-state index in [-0.39, 0.29) is 0 Å². The highest BCUT2D eigenvalue weighted by atomic mass is 35.5. The average molecular weight is 359 g/mol. The molecule has 0 amide bonds. The summed E-state index contributed by atoms with van der Waals surface area (Å²) < 4.78 is 5.20. The summed E-state index contributed by atoms with van der Waals surface area (Å²) in [5, 5.41) is 8.96. The fourth-order valence-corrected chi connectivity index (χ4v) is 3.25. The van der Waals surface area contributed by atoms with Gasteiger partial charge in [-0.2, -0.15) is 4.98 Å². The van der Waals surface area contributed by atoms with Crippen molar-refractivity contribution in [1.29, 1.82) is 0 Å². The maximum atomic E-state index is 6.49. The van der Waals surface area contributed by atoms with Gasteiger partial charge in [-0.3, -0.25) is 0 Å². The summed E-state index contributed by atoms with van der Waals surface area (Å²) in [6.45, 7) is 4.18. The smallest absolute Gasteiger partial charge is 0.228 e. The van der Waals surface area contributed by atoms with E-state index < -0.39 is 0 Å². The molecular weight excluding hydrogens is 340 g/mol. The Balaban J connectivity index is 1.68. The lowest BCUT2D eigenvalue weighted by atomic mass is 10.1. The van der Waals surface area contributed by atoms with Gasteiger partial charge in [-0.15, -0.1) is 0 Å². The van der Waals surface area contributed by atoms with Crippen LogP contribution in [0.3, 0.4) is 0 Å². The number of benzene rings is 1. The molecule has 1 fully saturated rings. The van der Waals surface area contributed by atoms with Crippen LogP contribution in [0.5, 0.6) is 0 Å². The van der Waals surface area contributed by atoms with E-state index in [0.717, 1.165) is 48.5 Å². The number of hydrogen-bond donors (Lipinski definition) is 2. The highest BCUT2D eigenvalue weighted by Crippen LogP contribution is 2.30. The largest absolute Gasteiger partial charge is 0.353 e. The van der Waals surface area contributed by atoms with Gasteiger partial charge in [0.05, 0.1) is 10.5 Å². The number of pyridine rings is 1.